The Kier molecular flexibility index (Phi) is 6.53. The van der Waals surface area contributed by atoms with Crippen LogP contribution in [0.4, 0.5) is 13.2 Å². The summed E-state index contributed by atoms with van der Waals surface area (Å²) in [4.78, 5) is 21.0. The van der Waals surface area contributed by atoms with Crippen molar-refractivity contribution in [1.29, 1.82) is 0 Å². The SMILES string of the molecule is C[C@H]1O[C@@H](c2ccncc2CC(=O)c2ccc(F)c(-c3c(F)cccc3F)n2)C[C@@H](O)[C@]1(C)O. The summed E-state index contributed by atoms with van der Waals surface area (Å²) in [5.41, 5.74) is -1.74. The number of benzene rings is 1. The molecule has 4 atom stereocenters. The molecule has 9 heteroatoms. The zero-order valence-electron chi connectivity index (χ0n) is 18.5. The molecule has 2 N–H and O–H groups in total. The van der Waals surface area contributed by atoms with Gasteiger partial charge in [0.25, 0.3) is 0 Å². The molecule has 34 heavy (non-hydrogen) atoms. The lowest BCUT2D eigenvalue weighted by Crippen LogP contribution is -2.54. The Morgan fingerprint density at radius 1 is 1.15 bits per heavy atom. The number of ether oxygens (including phenoxy) is 1. The van der Waals surface area contributed by atoms with Gasteiger partial charge in [0.1, 0.15) is 34.4 Å². The van der Waals surface area contributed by atoms with Crippen LogP contribution in [-0.4, -0.2) is 43.8 Å². The summed E-state index contributed by atoms with van der Waals surface area (Å²) in [5.74, 6) is -3.48. The number of rotatable bonds is 5. The largest absolute Gasteiger partial charge is 0.390 e. The first-order chi connectivity index (χ1) is 16.1. The predicted octanol–water partition coefficient (Wildman–Crippen LogP) is 3.95. The lowest BCUT2D eigenvalue weighted by molar-refractivity contribution is -0.215. The summed E-state index contributed by atoms with van der Waals surface area (Å²) >= 11 is 0. The zero-order valence-corrected chi connectivity index (χ0v) is 18.5. The van der Waals surface area contributed by atoms with Gasteiger partial charge in [-0.3, -0.25) is 9.78 Å². The number of Topliss-reactive ketones (excluding diaryl/α,β-unsaturated/α-hetero) is 1. The Hall–Kier alpha value is -3.14. The molecular weight excluding hydrogens is 449 g/mol. The molecule has 4 rings (SSSR count). The molecule has 1 saturated heterocycles. The second kappa shape index (κ2) is 9.25. The predicted molar refractivity (Wildman–Crippen MR) is 116 cm³/mol. The molecule has 2 aromatic heterocycles. The highest BCUT2D eigenvalue weighted by molar-refractivity contribution is 5.96. The number of ketones is 1. The Morgan fingerprint density at radius 2 is 1.85 bits per heavy atom. The number of carbonyl (C=O) groups excluding carboxylic acids is 1. The number of hydrogen-bond donors (Lipinski definition) is 2. The quantitative estimate of drug-likeness (QED) is 0.547. The summed E-state index contributed by atoms with van der Waals surface area (Å²) in [6.07, 6.45) is 0.591. The molecule has 6 nitrogen and oxygen atoms in total. The maximum atomic E-state index is 14.4. The minimum absolute atomic E-state index is 0.105. The van der Waals surface area contributed by atoms with Crippen molar-refractivity contribution >= 4 is 5.78 Å². The van der Waals surface area contributed by atoms with Gasteiger partial charge in [0.05, 0.1) is 23.9 Å². The van der Waals surface area contributed by atoms with Crippen molar-refractivity contribution in [2.45, 2.75) is 50.6 Å². The van der Waals surface area contributed by atoms with Gasteiger partial charge in [-0.25, -0.2) is 18.2 Å². The highest BCUT2D eigenvalue weighted by atomic mass is 19.1. The van der Waals surface area contributed by atoms with Crippen molar-refractivity contribution in [3.05, 3.63) is 83.1 Å². The lowest BCUT2D eigenvalue weighted by atomic mass is 9.84. The van der Waals surface area contributed by atoms with E-state index in [-0.39, 0.29) is 18.5 Å². The van der Waals surface area contributed by atoms with E-state index in [2.05, 4.69) is 9.97 Å². The van der Waals surface area contributed by atoms with Crippen molar-refractivity contribution in [2.24, 2.45) is 0 Å². The number of carbonyl (C=O) groups is 1. The second-order valence-electron chi connectivity index (χ2n) is 8.54. The first kappa shape index (κ1) is 24.0. The molecule has 1 aliphatic heterocycles. The molecule has 0 saturated carbocycles. The molecule has 0 bridgehead atoms. The van der Waals surface area contributed by atoms with Crippen LogP contribution in [0.2, 0.25) is 0 Å². The summed E-state index contributed by atoms with van der Waals surface area (Å²) in [6, 6.07) is 6.85. The first-order valence-electron chi connectivity index (χ1n) is 10.7. The second-order valence-corrected chi connectivity index (χ2v) is 8.54. The third kappa shape index (κ3) is 4.46. The topological polar surface area (TPSA) is 92.5 Å². The van der Waals surface area contributed by atoms with E-state index in [1.54, 1.807) is 13.0 Å². The van der Waals surface area contributed by atoms with Crippen molar-refractivity contribution in [2.75, 3.05) is 0 Å². The summed E-state index contributed by atoms with van der Waals surface area (Å²) < 4.78 is 48.6. The van der Waals surface area contributed by atoms with Crippen LogP contribution in [0.3, 0.4) is 0 Å². The summed E-state index contributed by atoms with van der Waals surface area (Å²) in [7, 11) is 0. The van der Waals surface area contributed by atoms with E-state index in [0.29, 0.717) is 11.1 Å². The monoisotopic (exact) mass is 472 g/mol. The molecular formula is C25H23F3N2O4. The van der Waals surface area contributed by atoms with E-state index >= 15 is 0 Å². The highest BCUT2D eigenvalue weighted by Crippen LogP contribution is 2.38. The van der Waals surface area contributed by atoms with E-state index in [9.17, 15) is 28.2 Å². The molecule has 178 valence electrons. The van der Waals surface area contributed by atoms with Gasteiger partial charge < -0.3 is 14.9 Å². The molecule has 1 aliphatic rings. The van der Waals surface area contributed by atoms with E-state index in [0.717, 1.165) is 30.3 Å². The average molecular weight is 472 g/mol. The van der Waals surface area contributed by atoms with Crippen LogP contribution < -0.4 is 0 Å². The third-order valence-electron chi connectivity index (χ3n) is 6.27. The number of aliphatic hydroxyl groups is 2. The van der Waals surface area contributed by atoms with Gasteiger partial charge in [-0.15, -0.1) is 0 Å². The maximum absolute atomic E-state index is 14.4. The summed E-state index contributed by atoms with van der Waals surface area (Å²) in [6.45, 7) is 3.14. The Balaban J connectivity index is 1.63. The van der Waals surface area contributed by atoms with Crippen molar-refractivity contribution in [3.63, 3.8) is 0 Å². The Morgan fingerprint density at radius 3 is 2.53 bits per heavy atom. The maximum Gasteiger partial charge on any atom is 0.185 e. The van der Waals surface area contributed by atoms with Crippen LogP contribution in [0, 0.1) is 17.5 Å². The van der Waals surface area contributed by atoms with Crippen molar-refractivity contribution in [1.82, 2.24) is 9.97 Å². The van der Waals surface area contributed by atoms with Crippen LogP contribution in [0.5, 0.6) is 0 Å². The fraction of sp³-hybridized carbons (Fsp3) is 0.320. The van der Waals surface area contributed by atoms with Gasteiger partial charge >= 0.3 is 0 Å². The minimum atomic E-state index is -1.42. The van der Waals surface area contributed by atoms with Gasteiger partial charge in [-0.2, -0.15) is 0 Å². The standard InChI is InChI=1S/C25H23F3N2O4/c1-13-25(2,33)22(32)11-21(34-13)15-8-9-29-12-14(15)10-20(31)19-7-6-18(28)24(30-19)23-16(26)4-3-5-17(23)27/h3-9,12-13,21-22,32-33H,10-11H2,1-2H3/t13-,21-,22-,25-/m1/s1. The lowest BCUT2D eigenvalue weighted by Gasteiger charge is -2.43. The van der Waals surface area contributed by atoms with Crippen molar-refractivity contribution < 1.29 is 32.9 Å². The van der Waals surface area contributed by atoms with Crippen LogP contribution in [0.1, 0.15) is 48.0 Å². The van der Waals surface area contributed by atoms with E-state index in [1.165, 1.54) is 19.3 Å². The number of aromatic nitrogens is 2. The Labute approximate surface area is 194 Å². The molecule has 3 aromatic rings. The molecule has 0 amide bonds. The minimum Gasteiger partial charge on any atom is -0.390 e. The van der Waals surface area contributed by atoms with Gasteiger partial charge in [0, 0.05) is 25.2 Å². The average Bonchev–Trinajstić information content (AvgIpc) is 2.79. The van der Waals surface area contributed by atoms with Crippen LogP contribution in [0.25, 0.3) is 11.3 Å². The van der Waals surface area contributed by atoms with Crippen LogP contribution in [0.15, 0.2) is 48.8 Å². The van der Waals surface area contributed by atoms with E-state index < -0.39 is 58.4 Å². The number of halogens is 3. The fourth-order valence-electron chi connectivity index (χ4n) is 4.01. The van der Waals surface area contributed by atoms with Crippen LogP contribution >= 0.6 is 0 Å². The molecule has 1 aromatic carbocycles. The number of pyridine rings is 2. The van der Waals surface area contributed by atoms with Gasteiger partial charge in [0.2, 0.25) is 0 Å². The molecule has 0 radical (unpaired) electrons. The van der Waals surface area contributed by atoms with Gasteiger partial charge in [-0.1, -0.05) is 6.07 Å². The summed E-state index contributed by atoms with van der Waals surface area (Å²) in [5, 5.41) is 20.8. The molecule has 1 fully saturated rings. The van der Waals surface area contributed by atoms with Gasteiger partial charge in [-0.05, 0) is 55.3 Å². The molecule has 0 aliphatic carbocycles. The highest BCUT2D eigenvalue weighted by Gasteiger charge is 2.44. The number of hydrogen-bond acceptors (Lipinski definition) is 6. The molecule has 0 spiro atoms. The molecule has 3 heterocycles. The number of aliphatic hydroxyl groups excluding tert-OH is 1. The number of nitrogens with zero attached hydrogens (tertiary/aromatic N) is 2. The van der Waals surface area contributed by atoms with Gasteiger partial charge in [0.15, 0.2) is 5.78 Å². The molecule has 0 unspecified atom stereocenters. The van der Waals surface area contributed by atoms with E-state index in [1.807, 2.05) is 0 Å². The first-order valence-corrected chi connectivity index (χ1v) is 10.7. The van der Waals surface area contributed by atoms with E-state index in [4.69, 9.17) is 4.74 Å². The van der Waals surface area contributed by atoms with Crippen molar-refractivity contribution in [3.8, 4) is 11.3 Å². The Bertz CT molecular complexity index is 1200. The van der Waals surface area contributed by atoms with Crippen LogP contribution in [-0.2, 0) is 11.2 Å². The smallest absolute Gasteiger partial charge is 0.185 e. The fourth-order valence-corrected chi connectivity index (χ4v) is 4.01. The third-order valence-corrected chi connectivity index (χ3v) is 6.27. The normalized spacial score (nSPS) is 24.7. The zero-order chi connectivity index (χ0) is 24.6.